The highest BCUT2D eigenvalue weighted by molar-refractivity contribution is 9.10. The van der Waals surface area contributed by atoms with Gasteiger partial charge in [0.15, 0.2) is 0 Å². The molecule has 0 aliphatic rings. The smallest absolute Gasteiger partial charge is 0.339 e. The minimum atomic E-state index is -3.98. The lowest BCUT2D eigenvalue weighted by atomic mass is 10.1. The Labute approximate surface area is 173 Å². The van der Waals surface area contributed by atoms with E-state index in [1.807, 2.05) is 0 Å². The fourth-order valence-corrected chi connectivity index (χ4v) is 3.64. The van der Waals surface area contributed by atoms with Crippen molar-refractivity contribution in [3.63, 3.8) is 0 Å². The number of primary sulfonamides is 1. The molecule has 1 heterocycles. The lowest BCUT2D eigenvalue weighted by Gasteiger charge is -2.10. The van der Waals surface area contributed by atoms with Gasteiger partial charge >= 0.3 is 11.6 Å². The largest absolute Gasteiger partial charge is 0.457 e. The van der Waals surface area contributed by atoms with E-state index in [-0.39, 0.29) is 17.1 Å². The van der Waals surface area contributed by atoms with Gasteiger partial charge in [-0.2, -0.15) is 0 Å². The molecule has 3 aromatic rings. The predicted octanol–water partition coefficient (Wildman–Crippen LogP) is 3.52. The van der Waals surface area contributed by atoms with Gasteiger partial charge in [-0.05, 0) is 58.7 Å². The Hall–Kier alpha value is -2.20. The molecule has 0 amide bonds. The number of hydrogen-bond donors (Lipinski definition) is 1. The Morgan fingerprint density at radius 2 is 1.96 bits per heavy atom. The molecule has 2 N–H and O–H groups in total. The molecule has 2 aromatic carbocycles. The first kappa shape index (κ1) is 20.5. The van der Waals surface area contributed by atoms with E-state index >= 15 is 0 Å². The minimum Gasteiger partial charge on any atom is -0.457 e. The fraction of sp³-hybridized carbons (Fsp3) is 0.111. The molecule has 146 valence electrons. The summed E-state index contributed by atoms with van der Waals surface area (Å²) in [5.41, 5.74) is 0.832. The standard InChI is InChI=1S/C18H13BrClNO6S/c1-9-4-16-12(7-15(9)20)10(5-17(22)27-16)8-26-18(23)13-6-11(28(21,24)25)2-3-14(13)19/h2-7H,8H2,1H3,(H2,21,24,25). The molecule has 0 aliphatic carbocycles. The highest BCUT2D eigenvalue weighted by Crippen LogP contribution is 2.26. The number of rotatable bonds is 4. The molecule has 0 radical (unpaired) electrons. The van der Waals surface area contributed by atoms with Crippen LogP contribution in [0.5, 0.6) is 0 Å². The van der Waals surface area contributed by atoms with Crippen molar-refractivity contribution in [1.82, 2.24) is 0 Å². The second kappa shape index (κ2) is 7.67. The number of nitrogens with two attached hydrogens (primary N) is 1. The van der Waals surface area contributed by atoms with Gasteiger partial charge in [-0.25, -0.2) is 23.1 Å². The van der Waals surface area contributed by atoms with E-state index in [1.165, 1.54) is 18.2 Å². The first-order chi connectivity index (χ1) is 13.1. The van der Waals surface area contributed by atoms with Crippen molar-refractivity contribution in [2.24, 2.45) is 5.14 Å². The van der Waals surface area contributed by atoms with Crippen LogP contribution in [0.4, 0.5) is 0 Å². The summed E-state index contributed by atoms with van der Waals surface area (Å²) in [6.45, 7) is 1.52. The number of carbonyl (C=O) groups excluding carboxylic acids is 1. The monoisotopic (exact) mass is 485 g/mol. The number of fused-ring (bicyclic) bond motifs is 1. The molecule has 10 heteroatoms. The first-order valence-electron chi connectivity index (χ1n) is 7.78. The summed E-state index contributed by atoms with van der Waals surface area (Å²) in [6.07, 6.45) is 0. The van der Waals surface area contributed by atoms with Crippen molar-refractivity contribution in [1.29, 1.82) is 0 Å². The number of sulfonamides is 1. The van der Waals surface area contributed by atoms with Gasteiger partial charge in [0.2, 0.25) is 10.0 Å². The topological polar surface area (TPSA) is 117 Å². The maximum Gasteiger partial charge on any atom is 0.339 e. The highest BCUT2D eigenvalue weighted by atomic mass is 79.9. The molecule has 1 aromatic heterocycles. The van der Waals surface area contributed by atoms with Crippen molar-refractivity contribution in [3.05, 3.63) is 73.0 Å². The second-order valence-electron chi connectivity index (χ2n) is 5.95. The summed E-state index contributed by atoms with van der Waals surface area (Å²) in [5.74, 6) is -0.794. The summed E-state index contributed by atoms with van der Waals surface area (Å²) in [6, 6.07) is 8.20. The summed E-state index contributed by atoms with van der Waals surface area (Å²) < 4.78 is 33.7. The van der Waals surface area contributed by atoms with Crippen LogP contribution in [0.3, 0.4) is 0 Å². The van der Waals surface area contributed by atoms with Crippen LogP contribution in [0.15, 0.2) is 55.0 Å². The fourth-order valence-electron chi connectivity index (χ4n) is 2.53. The zero-order valence-electron chi connectivity index (χ0n) is 14.4. The second-order valence-corrected chi connectivity index (χ2v) is 8.77. The molecule has 0 atom stereocenters. The van der Waals surface area contributed by atoms with Crippen LogP contribution < -0.4 is 10.8 Å². The normalized spacial score (nSPS) is 11.6. The predicted molar refractivity (Wildman–Crippen MR) is 107 cm³/mol. The molecule has 0 fully saturated rings. The van der Waals surface area contributed by atoms with E-state index in [1.54, 1.807) is 19.1 Å². The van der Waals surface area contributed by atoms with Gasteiger partial charge in [0, 0.05) is 26.5 Å². The van der Waals surface area contributed by atoms with E-state index in [2.05, 4.69) is 15.9 Å². The lowest BCUT2D eigenvalue weighted by Crippen LogP contribution is -2.14. The first-order valence-corrected chi connectivity index (χ1v) is 10.5. The Kier molecular flexibility index (Phi) is 5.62. The van der Waals surface area contributed by atoms with Crippen LogP contribution in [0, 0.1) is 6.92 Å². The number of halogens is 2. The number of hydrogen-bond acceptors (Lipinski definition) is 6. The van der Waals surface area contributed by atoms with Gasteiger partial charge in [-0.3, -0.25) is 0 Å². The summed E-state index contributed by atoms with van der Waals surface area (Å²) in [4.78, 5) is 24.0. The van der Waals surface area contributed by atoms with Crippen molar-refractivity contribution in [3.8, 4) is 0 Å². The summed E-state index contributed by atoms with van der Waals surface area (Å²) in [5, 5.41) is 6.09. The maximum atomic E-state index is 12.4. The summed E-state index contributed by atoms with van der Waals surface area (Å²) in [7, 11) is -3.98. The van der Waals surface area contributed by atoms with Gasteiger partial charge in [0.1, 0.15) is 12.2 Å². The zero-order valence-corrected chi connectivity index (χ0v) is 17.5. The Bertz CT molecular complexity index is 1270. The number of benzene rings is 2. The molecule has 3 rings (SSSR count). The van der Waals surface area contributed by atoms with Crippen molar-refractivity contribution in [2.75, 3.05) is 0 Å². The van der Waals surface area contributed by atoms with Gasteiger partial charge in [-0.1, -0.05) is 11.6 Å². The molecule has 0 aliphatic heterocycles. The van der Waals surface area contributed by atoms with Crippen LogP contribution in [-0.4, -0.2) is 14.4 Å². The van der Waals surface area contributed by atoms with Crippen molar-refractivity contribution in [2.45, 2.75) is 18.4 Å². The Balaban J connectivity index is 1.94. The van der Waals surface area contributed by atoms with Crippen LogP contribution in [0.1, 0.15) is 21.5 Å². The maximum absolute atomic E-state index is 12.4. The molecular formula is C18H13BrClNO6S. The molecule has 0 saturated carbocycles. The number of carbonyl (C=O) groups is 1. The number of ether oxygens (including phenoxy) is 1. The zero-order chi connectivity index (χ0) is 20.6. The molecule has 0 bridgehead atoms. The number of esters is 1. The van der Waals surface area contributed by atoms with Crippen molar-refractivity contribution < 1.29 is 22.4 Å². The van der Waals surface area contributed by atoms with Gasteiger partial charge in [0.25, 0.3) is 0 Å². The average molecular weight is 487 g/mol. The molecule has 7 nitrogen and oxygen atoms in total. The van der Waals surface area contributed by atoms with Gasteiger partial charge in [0.05, 0.1) is 10.5 Å². The Morgan fingerprint density at radius 1 is 1.25 bits per heavy atom. The van der Waals surface area contributed by atoms with Crippen LogP contribution >= 0.6 is 27.5 Å². The molecule has 0 unspecified atom stereocenters. The van der Waals surface area contributed by atoms with E-state index < -0.39 is 21.6 Å². The molecular weight excluding hydrogens is 474 g/mol. The van der Waals surface area contributed by atoms with Gasteiger partial charge in [-0.15, -0.1) is 0 Å². The van der Waals surface area contributed by atoms with Crippen LogP contribution in [-0.2, 0) is 21.4 Å². The van der Waals surface area contributed by atoms with E-state index in [0.717, 1.165) is 11.6 Å². The summed E-state index contributed by atoms with van der Waals surface area (Å²) >= 11 is 9.31. The third-order valence-corrected chi connectivity index (χ3v) is 5.96. The minimum absolute atomic E-state index is 0.0207. The van der Waals surface area contributed by atoms with E-state index in [0.29, 0.717) is 26.0 Å². The Morgan fingerprint density at radius 3 is 2.64 bits per heavy atom. The van der Waals surface area contributed by atoms with E-state index in [4.69, 9.17) is 25.9 Å². The van der Waals surface area contributed by atoms with Gasteiger partial charge < -0.3 is 9.15 Å². The third kappa shape index (κ3) is 4.27. The molecule has 0 saturated heterocycles. The van der Waals surface area contributed by atoms with Crippen molar-refractivity contribution >= 4 is 54.5 Å². The molecule has 28 heavy (non-hydrogen) atoms. The lowest BCUT2D eigenvalue weighted by molar-refractivity contribution is 0.0472. The molecule has 0 spiro atoms. The highest BCUT2D eigenvalue weighted by Gasteiger charge is 2.18. The third-order valence-electron chi connectivity index (χ3n) is 3.95. The van der Waals surface area contributed by atoms with Crippen LogP contribution in [0.25, 0.3) is 11.0 Å². The number of aryl methyl sites for hydroxylation is 1. The average Bonchev–Trinajstić information content (AvgIpc) is 2.60. The van der Waals surface area contributed by atoms with E-state index in [9.17, 15) is 18.0 Å². The SMILES string of the molecule is Cc1cc2oc(=O)cc(COC(=O)c3cc(S(N)(=O)=O)ccc3Br)c2cc1Cl. The quantitative estimate of drug-likeness (QED) is 0.445. The van der Waals surface area contributed by atoms with Crippen LogP contribution in [0.2, 0.25) is 5.02 Å².